The summed E-state index contributed by atoms with van der Waals surface area (Å²) in [6.07, 6.45) is 3.26. The van der Waals surface area contributed by atoms with Gasteiger partial charge in [0.2, 0.25) is 0 Å². The number of halogens is 2. The van der Waals surface area contributed by atoms with Gasteiger partial charge >= 0.3 is 0 Å². The molecule has 1 unspecified atom stereocenters. The van der Waals surface area contributed by atoms with Crippen molar-refractivity contribution in [2.45, 2.75) is 25.8 Å². The number of rotatable bonds is 6. The molecule has 21 heavy (non-hydrogen) atoms. The largest absolute Gasteiger partial charge is 0.384 e. The van der Waals surface area contributed by atoms with Crippen LogP contribution in [0.25, 0.3) is 0 Å². The van der Waals surface area contributed by atoms with Crippen LogP contribution in [0.1, 0.15) is 30.5 Å². The second kappa shape index (κ2) is 7.38. The lowest BCUT2D eigenvalue weighted by Crippen LogP contribution is -2.25. The third kappa shape index (κ3) is 4.41. The number of nitrogens with one attached hydrogen (secondary N) is 1. The van der Waals surface area contributed by atoms with Crippen molar-refractivity contribution >= 4 is 17.4 Å². The highest BCUT2D eigenvalue weighted by Crippen LogP contribution is 2.25. The second-order valence-corrected chi connectivity index (χ2v) is 5.40. The van der Waals surface area contributed by atoms with Crippen molar-refractivity contribution in [1.82, 2.24) is 10.3 Å². The predicted molar refractivity (Wildman–Crippen MR) is 84.8 cm³/mol. The first-order valence-electron chi connectivity index (χ1n) is 6.99. The van der Waals surface area contributed by atoms with Gasteiger partial charge in [0.25, 0.3) is 0 Å². The SMILES string of the molecule is CCCNC(Cc1ccnc(N)c1)c1cc(Cl)ccc1F. The van der Waals surface area contributed by atoms with Crippen molar-refractivity contribution in [3.05, 3.63) is 58.5 Å². The van der Waals surface area contributed by atoms with Gasteiger partial charge < -0.3 is 11.1 Å². The Morgan fingerprint density at radius 2 is 2.14 bits per heavy atom. The first-order valence-corrected chi connectivity index (χ1v) is 7.36. The summed E-state index contributed by atoms with van der Waals surface area (Å²) in [7, 11) is 0. The Kier molecular flexibility index (Phi) is 5.53. The van der Waals surface area contributed by atoms with Crippen molar-refractivity contribution in [1.29, 1.82) is 0 Å². The van der Waals surface area contributed by atoms with Gasteiger partial charge in [-0.3, -0.25) is 0 Å². The Labute approximate surface area is 129 Å². The van der Waals surface area contributed by atoms with E-state index in [1.54, 1.807) is 18.3 Å². The van der Waals surface area contributed by atoms with E-state index in [2.05, 4.69) is 17.2 Å². The molecule has 0 amide bonds. The van der Waals surface area contributed by atoms with Crippen molar-refractivity contribution in [3.63, 3.8) is 0 Å². The zero-order valence-corrected chi connectivity index (χ0v) is 12.7. The molecule has 1 heterocycles. The molecular weight excluding hydrogens is 289 g/mol. The third-order valence-corrected chi connectivity index (χ3v) is 3.49. The molecule has 112 valence electrons. The predicted octanol–water partition coefficient (Wildman–Crippen LogP) is 3.74. The summed E-state index contributed by atoms with van der Waals surface area (Å²) in [5.41, 5.74) is 7.29. The van der Waals surface area contributed by atoms with E-state index in [-0.39, 0.29) is 11.9 Å². The van der Waals surface area contributed by atoms with Crippen LogP contribution in [0, 0.1) is 5.82 Å². The van der Waals surface area contributed by atoms with E-state index in [1.165, 1.54) is 6.07 Å². The summed E-state index contributed by atoms with van der Waals surface area (Å²) in [4.78, 5) is 3.98. The van der Waals surface area contributed by atoms with E-state index in [9.17, 15) is 4.39 Å². The van der Waals surface area contributed by atoms with Crippen LogP contribution in [-0.4, -0.2) is 11.5 Å². The fraction of sp³-hybridized carbons (Fsp3) is 0.312. The van der Waals surface area contributed by atoms with Gasteiger partial charge in [-0.05, 0) is 55.3 Å². The molecule has 0 aliphatic carbocycles. The van der Waals surface area contributed by atoms with Crippen molar-refractivity contribution in [2.75, 3.05) is 12.3 Å². The minimum Gasteiger partial charge on any atom is -0.384 e. The molecule has 2 aromatic rings. The highest BCUT2D eigenvalue weighted by atomic mass is 35.5. The number of hydrogen-bond donors (Lipinski definition) is 2. The number of nitrogen functional groups attached to an aromatic ring is 1. The molecule has 0 radical (unpaired) electrons. The van der Waals surface area contributed by atoms with Crippen LogP contribution in [-0.2, 0) is 6.42 Å². The van der Waals surface area contributed by atoms with Gasteiger partial charge in [-0.15, -0.1) is 0 Å². The second-order valence-electron chi connectivity index (χ2n) is 4.97. The summed E-state index contributed by atoms with van der Waals surface area (Å²) in [6.45, 7) is 2.87. The topological polar surface area (TPSA) is 50.9 Å². The van der Waals surface area contributed by atoms with Gasteiger partial charge in [0, 0.05) is 22.8 Å². The van der Waals surface area contributed by atoms with Gasteiger partial charge in [-0.1, -0.05) is 18.5 Å². The molecule has 0 bridgehead atoms. The standard InChI is InChI=1S/C16H19ClFN3/c1-2-6-20-15(8-11-5-7-21-16(19)9-11)13-10-12(17)3-4-14(13)18/h3-5,7,9-10,15,20H,2,6,8H2,1H3,(H2,19,21). The van der Waals surface area contributed by atoms with Crippen LogP contribution in [0.2, 0.25) is 5.02 Å². The highest BCUT2D eigenvalue weighted by Gasteiger charge is 2.16. The summed E-state index contributed by atoms with van der Waals surface area (Å²) in [6, 6.07) is 8.18. The first kappa shape index (κ1) is 15.7. The van der Waals surface area contributed by atoms with Gasteiger partial charge in [-0.2, -0.15) is 0 Å². The highest BCUT2D eigenvalue weighted by molar-refractivity contribution is 6.30. The Bertz CT molecular complexity index is 604. The molecule has 1 aromatic carbocycles. The Hall–Kier alpha value is -1.65. The number of benzene rings is 1. The van der Waals surface area contributed by atoms with E-state index >= 15 is 0 Å². The van der Waals surface area contributed by atoms with Crippen LogP contribution in [0.15, 0.2) is 36.5 Å². The number of aromatic nitrogens is 1. The minimum absolute atomic E-state index is 0.148. The minimum atomic E-state index is -0.255. The van der Waals surface area contributed by atoms with Gasteiger partial charge in [0.05, 0.1) is 0 Å². The zero-order chi connectivity index (χ0) is 15.2. The molecule has 3 N–H and O–H groups in total. The number of anilines is 1. The average Bonchev–Trinajstić information content (AvgIpc) is 2.46. The Morgan fingerprint density at radius 3 is 2.86 bits per heavy atom. The quantitative estimate of drug-likeness (QED) is 0.854. The van der Waals surface area contributed by atoms with E-state index in [0.717, 1.165) is 18.5 Å². The van der Waals surface area contributed by atoms with Crippen LogP contribution in [0.3, 0.4) is 0 Å². The maximum Gasteiger partial charge on any atom is 0.128 e. The molecule has 3 nitrogen and oxygen atoms in total. The summed E-state index contributed by atoms with van der Waals surface area (Å²) in [5, 5.41) is 3.89. The fourth-order valence-electron chi connectivity index (χ4n) is 2.25. The van der Waals surface area contributed by atoms with Gasteiger partial charge in [0.15, 0.2) is 0 Å². The summed E-state index contributed by atoms with van der Waals surface area (Å²) < 4.78 is 14.1. The molecule has 1 aromatic heterocycles. The monoisotopic (exact) mass is 307 g/mol. The van der Waals surface area contributed by atoms with E-state index in [4.69, 9.17) is 17.3 Å². The van der Waals surface area contributed by atoms with Crippen molar-refractivity contribution in [3.8, 4) is 0 Å². The van der Waals surface area contributed by atoms with Gasteiger partial charge in [0.1, 0.15) is 11.6 Å². The van der Waals surface area contributed by atoms with E-state index in [0.29, 0.717) is 22.8 Å². The van der Waals surface area contributed by atoms with E-state index in [1.807, 2.05) is 12.1 Å². The number of nitrogens with two attached hydrogens (primary N) is 1. The van der Waals surface area contributed by atoms with Crippen LogP contribution in [0.4, 0.5) is 10.2 Å². The van der Waals surface area contributed by atoms with Crippen LogP contribution in [0.5, 0.6) is 0 Å². The van der Waals surface area contributed by atoms with Crippen LogP contribution >= 0.6 is 11.6 Å². The molecule has 0 saturated heterocycles. The molecule has 1 atom stereocenters. The lowest BCUT2D eigenvalue weighted by atomic mass is 9.98. The molecule has 0 aliphatic rings. The van der Waals surface area contributed by atoms with Crippen molar-refractivity contribution < 1.29 is 4.39 Å². The number of hydrogen-bond acceptors (Lipinski definition) is 3. The molecular formula is C16H19ClFN3. The van der Waals surface area contributed by atoms with Crippen molar-refractivity contribution in [2.24, 2.45) is 0 Å². The van der Waals surface area contributed by atoms with E-state index < -0.39 is 0 Å². The Morgan fingerprint density at radius 1 is 1.33 bits per heavy atom. The molecule has 0 saturated carbocycles. The molecule has 2 rings (SSSR count). The first-order chi connectivity index (χ1) is 10.1. The molecule has 0 aliphatic heterocycles. The molecule has 5 heteroatoms. The third-order valence-electron chi connectivity index (χ3n) is 3.26. The smallest absolute Gasteiger partial charge is 0.128 e. The average molecular weight is 308 g/mol. The lowest BCUT2D eigenvalue weighted by molar-refractivity contribution is 0.497. The Balaban J connectivity index is 2.27. The molecule has 0 fully saturated rings. The number of pyridine rings is 1. The van der Waals surface area contributed by atoms with Crippen LogP contribution < -0.4 is 11.1 Å². The fourth-order valence-corrected chi connectivity index (χ4v) is 2.43. The summed E-state index contributed by atoms with van der Waals surface area (Å²) >= 11 is 6.00. The van der Waals surface area contributed by atoms with Gasteiger partial charge in [-0.25, -0.2) is 9.37 Å². The maximum atomic E-state index is 14.1. The summed E-state index contributed by atoms with van der Waals surface area (Å²) in [5.74, 6) is 0.211. The number of nitrogens with zero attached hydrogens (tertiary/aromatic N) is 1. The molecule has 0 spiro atoms. The maximum absolute atomic E-state index is 14.1. The normalized spacial score (nSPS) is 12.3. The zero-order valence-electron chi connectivity index (χ0n) is 11.9. The lowest BCUT2D eigenvalue weighted by Gasteiger charge is -2.20.